The van der Waals surface area contributed by atoms with Crippen LogP contribution in [0, 0.1) is 11.8 Å². The molecule has 0 saturated heterocycles. The normalized spacial score (nSPS) is 24.9. The molecule has 0 N–H and O–H groups in total. The predicted octanol–water partition coefficient (Wildman–Crippen LogP) is 7.54. The van der Waals surface area contributed by atoms with Crippen molar-refractivity contribution in [1.29, 1.82) is 0 Å². The molecule has 0 radical (unpaired) electrons. The molecule has 1 saturated carbocycles. The van der Waals surface area contributed by atoms with Crippen LogP contribution in [0.15, 0.2) is 23.8 Å². The van der Waals surface area contributed by atoms with E-state index < -0.39 is 8.32 Å². The van der Waals surface area contributed by atoms with Gasteiger partial charge < -0.3 is 9.16 Å². The average molecular weight is 477 g/mol. The van der Waals surface area contributed by atoms with Crippen LogP contribution in [0.4, 0.5) is 0 Å². The smallest absolute Gasteiger partial charge is 0.306 e. The van der Waals surface area contributed by atoms with E-state index in [1.165, 1.54) is 18.4 Å². The number of ketones is 1. The number of rotatable bonds is 10. The number of hydrogen-bond acceptors (Lipinski definition) is 4. The molecule has 4 nitrogen and oxygen atoms in total. The van der Waals surface area contributed by atoms with Gasteiger partial charge in [-0.05, 0) is 82.8 Å². The van der Waals surface area contributed by atoms with Crippen molar-refractivity contribution < 1.29 is 18.8 Å². The van der Waals surface area contributed by atoms with Crippen LogP contribution in [-0.4, -0.2) is 32.3 Å². The quantitative estimate of drug-likeness (QED) is 0.141. The Morgan fingerprint density at radius 2 is 1.91 bits per heavy atom. The van der Waals surface area contributed by atoms with E-state index in [9.17, 15) is 9.59 Å². The third-order valence-electron chi connectivity index (χ3n) is 7.56. The summed E-state index contributed by atoms with van der Waals surface area (Å²) in [6.45, 7) is 15.2. The standard InChI is InChI=1S/C28H48O4Si/c1-21(2)31-26(30)18-14-9-8-11-17-23-19-24(29)20-25(32-33(6,7)28(3,4)5)27(23)22-15-12-10-13-16-22/h8,11,15,21,23,25,27H,9-10,12-14,16-20H2,1-7H3/b11-8-/t23-,25+,27+/m0/s1. The minimum atomic E-state index is -1.97. The van der Waals surface area contributed by atoms with Crippen molar-refractivity contribution in [3.8, 4) is 0 Å². The molecule has 2 aliphatic carbocycles. The highest BCUT2D eigenvalue weighted by Gasteiger charge is 2.45. The Morgan fingerprint density at radius 1 is 1.18 bits per heavy atom. The Hall–Kier alpha value is -1.20. The first kappa shape index (κ1) is 28.0. The van der Waals surface area contributed by atoms with Gasteiger partial charge in [0.1, 0.15) is 5.78 Å². The number of carbonyl (C=O) groups is 2. The summed E-state index contributed by atoms with van der Waals surface area (Å²) in [7, 11) is -1.97. The topological polar surface area (TPSA) is 52.6 Å². The number of allylic oxidation sites excluding steroid dienone is 3. The molecule has 5 heteroatoms. The van der Waals surface area contributed by atoms with E-state index in [1.807, 2.05) is 13.8 Å². The lowest BCUT2D eigenvalue weighted by Crippen LogP contribution is -2.49. The zero-order valence-corrected chi connectivity index (χ0v) is 23.2. The first-order valence-corrected chi connectivity index (χ1v) is 16.0. The molecule has 3 atom stereocenters. The minimum Gasteiger partial charge on any atom is -0.463 e. The predicted molar refractivity (Wildman–Crippen MR) is 139 cm³/mol. The number of ether oxygens (including phenoxy) is 1. The van der Waals surface area contributed by atoms with E-state index >= 15 is 0 Å². The molecule has 0 unspecified atom stereocenters. The Balaban J connectivity index is 2.07. The third kappa shape index (κ3) is 8.82. The van der Waals surface area contributed by atoms with Crippen molar-refractivity contribution in [2.75, 3.05) is 0 Å². The molecule has 0 aromatic heterocycles. The van der Waals surface area contributed by atoms with Gasteiger partial charge in [0, 0.05) is 25.2 Å². The summed E-state index contributed by atoms with van der Waals surface area (Å²) in [5.41, 5.74) is 1.53. The lowest BCUT2D eigenvalue weighted by Gasteiger charge is -2.46. The van der Waals surface area contributed by atoms with Crippen LogP contribution in [0.25, 0.3) is 0 Å². The Morgan fingerprint density at radius 3 is 2.52 bits per heavy atom. The molecule has 0 amide bonds. The van der Waals surface area contributed by atoms with Gasteiger partial charge in [-0.15, -0.1) is 0 Å². The van der Waals surface area contributed by atoms with E-state index in [-0.39, 0.29) is 23.2 Å². The van der Waals surface area contributed by atoms with Gasteiger partial charge in [-0.2, -0.15) is 0 Å². The minimum absolute atomic E-state index is 0.0145. The van der Waals surface area contributed by atoms with Crippen molar-refractivity contribution in [3.63, 3.8) is 0 Å². The van der Waals surface area contributed by atoms with Crippen molar-refractivity contribution in [1.82, 2.24) is 0 Å². The van der Waals surface area contributed by atoms with E-state index in [0.717, 1.165) is 32.1 Å². The van der Waals surface area contributed by atoms with Gasteiger partial charge >= 0.3 is 5.97 Å². The van der Waals surface area contributed by atoms with Gasteiger partial charge in [0.05, 0.1) is 12.2 Å². The van der Waals surface area contributed by atoms with E-state index in [1.54, 1.807) is 0 Å². The van der Waals surface area contributed by atoms with Gasteiger partial charge in [0.15, 0.2) is 8.32 Å². The Labute approximate surface area is 203 Å². The van der Waals surface area contributed by atoms with Crippen molar-refractivity contribution in [2.24, 2.45) is 11.8 Å². The zero-order valence-electron chi connectivity index (χ0n) is 22.2. The molecule has 0 bridgehead atoms. The summed E-state index contributed by atoms with van der Waals surface area (Å²) in [5.74, 6) is 0.891. The highest BCUT2D eigenvalue weighted by molar-refractivity contribution is 6.74. The molecule has 0 spiro atoms. The van der Waals surface area contributed by atoms with Gasteiger partial charge in [-0.25, -0.2) is 0 Å². The summed E-state index contributed by atoms with van der Waals surface area (Å²) in [6, 6.07) is 0. The largest absolute Gasteiger partial charge is 0.463 e. The molecule has 33 heavy (non-hydrogen) atoms. The summed E-state index contributed by atoms with van der Waals surface area (Å²) in [6.07, 6.45) is 15.9. The fraction of sp³-hybridized carbons (Fsp3) is 0.786. The maximum Gasteiger partial charge on any atom is 0.306 e. The fourth-order valence-electron chi connectivity index (χ4n) is 4.84. The summed E-state index contributed by atoms with van der Waals surface area (Å²) >= 11 is 0. The number of unbranched alkanes of at least 4 members (excludes halogenated alkanes) is 1. The molecule has 0 heterocycles. The maximum atomic E-state index is 12.8. The van der Waals surface area contributed by atoms with Crippen molar-refractivity contribution in [3.05, 3.63) is 23.8 Å². The molecular formula is C28H48O4Si. The second-order valence-corrected chi connectivity index (χ2v) is 16.6. The second kappa shape index (κ2) is 12.5. The molecule has 2 aliphatic rings. The van der Waals surface area contributed by atoms with Crippen LogP contribution in [0.1, 0.15) is 98.8 Å². The number of hydrogen-bond donors (Lipinski definition) is 0. The first-order chi connectivity index (χ1) is 15.4. The molecule has 0 aromatic rings. The second-order valence-electron chi connectivity index (χ2n) is 11.8. The lowest BCUT2D eigenvalue weighted by molar-refractivity contribution is -0.147. The lowest BCUT2D eigenvalue weighted by atomic mass is 9.69. The molecule has 2 rings (SSSR count). The number of carbonyl (C=O) groups excluding carboxylic acids is 2. The van der Waals surface area contributed by atoms with Crippen LogP contribution in [-0.2, 0) is 18.8 Å². The van der Waals surface area contributed by atoms with Crippen LogP contribution >= 0.6 is 0 Å². The van der Waals surface area contributed by atoms with Crippen LogP contribution in [0.5, 0.6) is 0 Å². The van der Waals surface area contributed by atoms with Crippen LogP contribution < -0.4 is 0 Å². The molecule has 188 valence electrons. The fourth-order valence-corrected chi connectivity index (χ4v) is 6.18. The first-order valence-electron chi connectivity index (χ1n) is 13.1. The Bertz CT molecular complexity index is 714. The highest BCUT2D eigenvalue weighted by atomic mass is 28.4. The summed E-state index contributed by atoms with van der Waals surface area (Å²) in [4.78, 5) is 24.5. The van der Waals surface area contributed by atoms with Crippen molar-refractivity contribution in [2.45, 2.75) is 129 Å². The zero-order chi connectivity index (χ0) is 24.6. The molecule has 0 aromatic carbocycles. The third-order valence-corrected chi connectivity index (χ3v) is 12.1. The van der Waals surface area contributed by atoms with Gasteiger partial charge in [-0.1, -0.05) is 44.6 Å². The SMILES string of the molecule is CC(C)OC(=O)CCC/C=C\C[C@H]1CC(=O)C[C@@H](O[Si](C)(C)C(C)(C)C)[C@@H]1C1=CCCCC1. The van der Waals surface area contributed by atoms with E-state index in [4.69, 9.17) is 9.16 Å². The maximum absolute atomic E-state index is 12.8. The average Bonchev–Trinajstić information content (AvgIpc) is 2.69. The van der Waals surface area contributed by atoms with E-state index in [0.29, 0.717) is 36.9 Å². The van der Waals surface area contributed by atoms with Gasteiger partial charge in [0.2, 0.25) is 0 Å². The summed E-state index contributed by atoms with van der Waals surface area (Å²) in [5, 5.41) is 0.130. The van der Waals surface area contributed by atoms with Gasteiger partial charge in [-0.3, -0.25) is 9.59 Å². The van der Waals surface area contributed by atoms with Crippen molar-refractivity contribution >= 4 is 20.1 Å². The Kier molecular flexibility index (Phi) is 10.6. The molecular weight excluding hydrogens is 428 g/mol. The van der Waals surface area contributed by atoms with E-state index in [2.05, 4.69) is 52.1 Å². The van der Waals surface area contributed by atoms with Gasteiger partial charge in [0.25, 0.3) is 0 Å². The highest BCUT2D eigenvalue weighted by Crippen LogP contribution is 2.45. The molecule has 1 fully saturated rings. The molecule has 0 aliphatic heterocycles. The summed E-state index contributed by atoms with van der Waals surface area (Å²) < 4.78 is 12.1. The monoisotopic (exact) mass is 476 g/mol. The number of Topliss-reactive ketones (excluding diaryl/α,β-unsaturated/α-hetero) is 1. The number of esters is 1. The van der Waals surface area contributed by atoms with Crippen LogP contribution in [0.3, 0.4) is 0 Å². The van der Waals surface area contributed by atoms with Crippen LogP contribution in [0.2, 0.25) is 18.1 Å².